The zero-order chi connectivity index (χ0) is 46.1. The van der Waals surface area contributed by atoms with Gasteiger partial charge in [0.1, 0.15) is 0 Å². The zero-order valence-electron chi connectivity index (χ0n) is 39.9. The number of hydrogen-bond acceptors (Lipinski definition) is 16. The molecular formula is C50H81ClF2N14O2. The summed E-state index contributed by atoms with van der Waals surface area (Å²) in [5, 5.41) is 20.1. The molecule has 69 heavy (non-hydrogen) atoms. The number of ether oxygens (including phenoxy) is 2. The Balaban J connectivity index is 0.000000288. The molecule has 4 fully saturated rings. The van der Waals surface area contributed by atoms with Crippen LogP contribution in [0.1, 0.15) is 131 Å². The lowest BCUT2D eigenvalue weighted by atomic mass is 10.1. The van der Waals surface area contributed by atoms with Crippen LogP contribution in [0.25, 0.3) is 0 Å². The average Bonchev–Trinajstić information content (AvgIpc) is 3.81. The largest absolute Gasteiger partial charge is 0.494 e. The van der Waals surface area contributed by atoms with E-state index in [4.69, 9.17) is 9.47 Å². The lowest BCUT2D eigenvalue weighted by Gasteiger charge is -2.23. The van der Waals surface area contributed by atoms with Gasteiger partial charge in [0.05, 0.1) is 14.2 Å². The Bertz CT molecular complexity index is 1960. The fraction of sp³-hybridized carbons (Fsp3) is 0.640. The number of benzene rings is 2. The first-order chi connectivity index (χ1) is 32.3. The van der Waals surface area contributed by atoms with Crippen molar-refractivity contribution in [3.8, 4) is 11.5 Å². The molecule has 2 saturated heterocycles. The Hall–Kier alpha value is -5.07. The van der Waals surface area contributed by atoms with Crippen molar-refractivity contribution >= 4 is 59.5 Å². The maximum absolute atomic E-state index is 14.2. The molecule has 2 aromatic heterocycles. The minimum Gasteiger partial charge on any atom is -0.494 e. The topological polar surface area (TPSA) is 174 Å². The van der Waals surface area contributed by atoms with E-state index >= 15 is 0 Å². The van der Waals surface area contributed by atoms with E-state index in [1.54, 1.807) is 24.3 Å². The van der Waals surface area contributed by atoms with E-state index < -0.39 is 11.6 Å². The molecule has 0 spiro atoms. The van der Waals surface area contributed by atoms with Gasteiger partial charge in [-0.05, 0) is 102 Å². The molecule has 0 radical (unpaired) electrons. The Morgan fingerprint density at radius 3 is 1.22 bits per heavy atom. The summed E-state index contributed by atoms with van der Waals surface area (Å²) in [6, 6.07) is 11.1. The van der Waals surface area contributed by atoms with Crippen LogP contribution in [-0.2, 0) is 0 Å². The number of likely N-dealkylation sites (N-methyl/N-ethyl adjacent to an activating group) is 2. The molecule has 4 heterocycles. The number of nitrogens with zero attached hydrogens (tertiary/aromatic N) is 8. The van der Waals surface area contributed by atoms with E-state index in [1.807, 2.05) is 0 Å². The molecular weight excluding hydrogens is 902 g/mol. The van der Waals surface area contributed by atoms with Gasteiger partial charge in [0.25, 0.3) is 0 Å². The quantitative estimate of drug-likeness (QED) is 0.0519. The highest BCUT2D eigenvalue weighted by atomic mass is 35.5. The van der Waals surface area contributed by atoms with Gasteiger partial charge >= 0.3 is 0 Å². The lowest BCUT2D eigenvalue weighted by Crippen LogP contribution is -2.35. The second kappa shape index (κ2) is 29.2. The van der Waals surface area contributed by atoms with Crippen LogP contribution in [0.5, 0.6) is 11.5 Å². The van der Waals surface area contributed by atoms with E-state index in [-0.39, 0.29) is 38.8 Å². The van der Waals surface area contributed by atoms with Crippen molar-refractivity contribution in [1.29, 1.82) is 0 Å². The highest BCUT2D eigenvalue weighted by Gasteiger charge is 2.25. The Morgan fingerprint density at radius 2 is 0.870 bits per heavy atom. The van der Waals surface area contributed by atoms with E-state index in [9.17, 15) is 8.78 Å². The van der Waals surface area contributed by atoms with Crippen LogP contribution in [-0.4, -0.2) is 117 Å². The van der Waals surface area contributed by atoms with Crippen LogP contribution in [0.15, 0.2) is 36.4 Å². The first-order valence-electron chi connectivity index (χ1n) is 24.5. The smallest absolute Gasteiger partial charge is 0.233 e. The number of halogens is 3. The van der Waals surface area contributed by atoms with Gasteiger partial charge in [-0.2, -0.15) is 29.9 Å². The molecule has 4 aromatic rings. The zero-order valence-corrected chi connectivity index (χ0v) is 40.7. The van der Waals surface area contributed by atoms with Crippen LogP contribution < -0.4 is 41.4 Å². The summed E-state index contributed by atoms with van der Waals surface area (Å²) in [5.41, 5.74) is 1.11. The number of anilines is 8. The molecule has 384 valence electrons. The van der Waals surface area contributed by atoms with Gasteiger partial charge in [-0.3, -0.25) is 9.80 Å². The normalized spacial score (nSPS) is 18.9. The van der Waals surface area contributed by atoms with Crippen molar-refractivity contribution in [2.75, 3.05) is 85.4 Å². The molecule has 2 aromatic carbocycles. The first-order valence-corrected chi connectivity index (χ1v) is 24.5. The number of aromatic nitrogens is 6. The van der Waals surface area contributed by atoms with Crippen LogP contribution in [0.4, 0.5) is 55.8 Å². The minimum absolute atomic E-state index is 0. The van der Waals surface area contributed by atoms with Gasteiger partial charge in [-0.1, -0.05) is 80.1 Å². The minimum atomic E-state index is -0.437. The van der Waals surface area contributed by atoms with E-state index in [2.05, 4.69) is 85.5 Å². The monoisotopic (exact) mass is 983 g/mol. The molecule has 2 aliphatic heterocycles. The summed E-state index contributed by atoms with van der Waals surface area (Å²) in [4.78, 5) is 32.6. The molecule has 16 nitrogen and oxygen atoms in total. The molecule has 0 bridgehead atoms. The van der Waals surface area contributed by atoms with Gasteiger partial charge in [-0.15, -0.1) is 12.4 Å². The highest BCUT2D eigenvalue weighted by molar-refractivity contribution is 5.85. The van der Waals surface area contributed by atoms with Crippen LogP contribution in [0, 0.1) is 11.6 Å². The molecule has 0 amide bonds. The van der Waals surface area contributed by atoms with Gasteiger partial charge < -0.3 is 41.4 Å². The van der Waals surface area contributed by atoms with Gasteiger partial charge in [0.15, 0.2) is 23.1 Å². The lowest BCUT2D eigenvalue weighted by molar-refractivity contribution is 0.276. The van der Waals surface area contributed by atoms with E-state index in [0.29, 0.717) is 71.2 Å². The summed E-state index contributed by atoms with van der Waals surface area (Å²) in [6.07, 6.45) is 19.3. The number of hydrogen-bond donors (Lipinski definition) is 6. The molecule has 19 heteroatoms. The summed E-state index contributed by atoms with van der Waals surface area (Å²) >= 11 is 0. The van der Waals surface area contributed by atoms with Gasteiger partial charge in [0, 0.05) is 60.8 Å². The molecule has 2 aliphatic carbocycles. The fourth-order valence-electron chi connectivity index (χ4n) is 9.61. The maximum Gasteiger partial charge on any atom is 0.233 e. The molecule has 2 atom stereocenters. The van der Waals surface area contributed by atoms with Crippen molar-refractivity contribution in [1.82, 2.24) is 39.7 Å². The molecule has 6 N–H and O–H groups in total. The van der Waals surface area contributed by atoms with E-state index in [1.165, 1.54) is 103 Å². The Labute approximate surface area is 416 Å². The van der Waals surface area contributed by atoms with Gasteiger partial charge in [-0.25, -0.2) is 8.78 Å². The molecule has 4 aliphatic rings. The van der Waals surface area contributed by atoms with Crippen molar-refractivity contribution in [2.45, 2.75) is 156 Å². The number of methoxy groups -OCH3 is 2. The van der Waals surface area contributed by atoms with Gasteiger partial charge in [0.2, 0.25) is 35.7 Å². The van der Waals surface area contributed by atoms with Crippen LogP contribution >= 0.6 is 12.4 Å². The SMILES string of the molecule is C.C.CCN1CCCC1CNc1nc(Nc2ccc(OC)c(F)c2)nc(NC2CCCCCC2)n1.CCN1CCCC1CNc1nc(Nc2ccc(OC)c(F)c2)nc(NC2CCCCCC2)n1.Cl. The summed E-state index contributed by atoms with van der Waals surface area (Å²) in [5.74, 6) is 2.45. The second-order valence-corrected chi connectivity index (χ2v) is 17.8. The van der Waals surface area contributed by atoms with Crippen molar-refractivity contribution in [3.63, 3.8) is 0 Å². The number of rotatable bonds is 18. The molecule has 2 saturated carbocycles. The predicted molar refractivity (Wildman–Crippen MR) is 281 cm³/mol. The molecule has 8 rings (SSSR count). The predicted octanol–water partition coefficient (Wildman–Crippen LogP) is 11.3. The fourth-order valence-corrected chi connectivity index (χ4v) is 9.61. The first kappa shape index (κ1) is 56.5. The number of nitrogens with one attached hydrogen (secondary N) is 6. The Morgan fingerprint density at radius 1 is 0.507 bits per heavy atom. The number of likely N-dealkylation sites (tertiary alicyclic amines) is 2. The third kappa shape index (κ3) is 17.1. The van der Waals surface area contributed by atoms with Crippen molar-refractivity contribution in [3.05, 3.63) is 48.0 Å². The van der Waals surface area contributed by atoms with Crippen LogP contribution in [0.2, 0.25) is 0 Å². The van der Waals surface area contributed by atoms with Crippen LogP contribution in [0.3, 0.4) is 0 Å². The Kier molecular flexibility index (Phi) is 23.9. The molecule has 2 unspecified atom stereocenters. The average molecular weight is 984 g/mol. The van der Waals surface area contributed by atoms with E-state index in [0.717, 1.165) is 65.0 Å². The summed E-state index contributed by atoms with van der Waals surface area (Å²) in [6.45, 7) is 10.4. The summed E-state index contributed by atoms with van der Waals surface area (Å²) < 4.78 is 38.4. The second-order valence-electron chi connectivity index (χ2n) is 17.8. The highest BCUT2D eigenvalue weighted by Crippen LogP contribution is 2.28. The summed E-state index contributed by atoms with van der Waals surface area (Å²) in [7, 11) is 2.90. The standard InChI is InChI=1S/2C24H36FN7O.2CH4.ClH/c2*1-3-32-14-8-11-19(32)16-26-22-29-23(27-17-9-6-4-5-7-10-17)31-24(30-22)28-18-12-13-21(33-2)20(25)15-18;;;/h2*12-13,15,17,19H,3-11,14,16H2,1-2H3,(H3,26,27,28,29,30,31);2*1H4;1H. The van der Waals surface area contributed by atoms with Crippen molar-refractivity contribution in [2.24, 2.45) is 0 Å². The van der Waals surface area contributed by atoms with Crippen molar-refractivity contribution < 1.29 is 18.3 Å². The maximum atomic E-state index is 14.2. The third-order valence-corrected chi connectivity index (χ3v) is 13.3. The third-order valence-electron chi connectivity index (χ3n) is 13.3.